The second kappa shape index (κ2) is 6.55. The Balaban J connectivity index is 1.90. The monoisotopic (exact) mass is 346 g/mol. The van der Waals surface area contributed by atoms with E-state index in [0.717, 1.165) is 29.6 Å². The number of hydrogen-bond donors (Lipinski definition) is 0. The fourth-order valence-electron chi connectivity index (χ4n) is 3.04. The normalized spacial score (nSPS) is 11.2. The van der Waals surface area contributed by atoms with E-state index in [9.17, 15) is 4.79 Å². The minimum absolute atomic E-state index is 0.0963. The summed E-state index contributed by atoms with van der Waals surface area (Å²) in [7, 11) is 0. The summed E-state index contributed by atoms with van der Waals surface area (Å²) < 4.78 is 7.47. The molecule has 6 heteroatoms. The molecule has 0 saturated heterocycles. The van der Waals surface area contributed by atoms with Crippen molar-refractivity contribution in [1.29, 1.82) is 0 Å². The lowest BCUT2D eigenvalue weighted by atomic mass is 10.1. The highest BCUT2D eigenvalue weighted by atomic mass is 16.5. The fraction of sp³-hybridized carbons (Fsp3) is 0.200. The van der Waals surface area contributed by atoms with Gasteiger partial charge in [-0.15, -0.1) is 0 Å². The summed E-state index contributed by atoms with van der Waals surface area (Å²) in [5.74, 6) is 0.670. The Bertz CT molecular complexity index is 1130. The number of aromatic nitrogens is 4. The molecule has 0 aliphatic rings. The van der Waals surface area contributed by atoms with E-state index in [0.29, 0.717) is 16.8 Å². The molecule has 4 rings (SSSR count). The summed E-state index contributed by atoms with van der Waals surface area (Å²) in [4.78, 5) is 21.4. The van der Waals surface area contributed by atoms with Crippen LogP contribution in [0.2, 0.25) is 0 Å². The predicted molar refractivity (Wildman–Crippen MR) is 99.8 cm³/mol. The Kier molecular flexibility index (Phi) is 4.08. The molecular weight excluding hydrogens is 328 g/mol. The predicted octanol–water partition coefficient (Wildman–Crippen LogP) is 3.83. The maximum Gasteiger partial charge on any atom is 0.263 e. The van der Waals surface area contributed by atoms with E-state index in [1.165, 1.54) is 0 Å². The second-order valence-corrected chi connectivity index (χ2v) is 6.24. The van der Waals surface area contributed by atoms with Crippen LogP contribution >= 0.6 is 0 Å². The lowest BCUT2D eigenvalue weighted by molar-refractivity contribution is 0.431. The summed E-state index contributed by atoms with van der Waals surface area (Å²) in [6.07, 6.45) is 6.10. The van der Waals surface area contributed by atoms with Crippen LogP contribution in [-0.2, 0) is 6.54 Å². The molecule has 0 aliphatic carbocycles. The fourth-order valence-corrected chi connectivity index (χ4v) is 3.04. The zero-order valence-corrected chi connectivity index (χ0v) is 14.6. The van der Waals surface area contributed by atoms with E-state index in [1.54, 1.807) is 24.5 Å². The number of benzene rings is 1. The first-order valence-electron chi connectivity index (χ1n) is 8.55. The highest BCUT2D eigenvalue weighted by molar-refractivity contribution is 5.83. The molecule has 130 valence electrons. The molecule has 0 saturated carbocycles. The van der Waals surface area contributed by atoms with Crippen molar-refractivity contribution < 1.29 is 4.52 Å². The van der Waals surface area contributed by atoms with Gasteiger partial charge in [0.25, 0.3) is 5.89 Å². The Morgan fingerprint density at radius 1 is 1.15 bits per heavy atom. The van der Waals surface area contributed by atoms with Crippen molar-refractivity contribution >= 4 is 10.9 Å². The summed E-state index contributed by atoms with van der Waals surface area (Å²) >= 11 is 0. The molecule has 4 aromatic rings. The van der Waals surface area contributed by atoms with E-state index in [-0.39, 0.29) is 11.3 Å². The molecular formula is C20H18N4O2. The average Bonchev–Trinajstić information content (AvgIpc) is 3.15. The molecule has 3 aromatic heterocycles. The van der Waals surface area contributed by atoms with Crippen LogP contribution in [0.1, 0.15) is 18.9 Å². The van der Waals surface area contributed by atoms with Gasteiger partial charge in [-0.2, -0.15) is 4.98 Å². The average molecular weight is 346 g/mol. The Morgan fingerprint density at radius 3 is 2.73 bits per heavy atom. The maximum absolute atomic E-state index is 13.0. The highest BCUT2D eigenvalue weighted by Gasteiger charge is 2.17. The van der Waals surface area contributed by atoms with Gasteiger partial charge in [0.15, 0.2) is 0 Å². The summed E-state index contributed by atoms with van der Waals surface area (Å²) in [6.45, 7) is 4.88. The first kappa shape index (κ1) is 16.2. The van der Waals surface area contributed by atoms with Crippen molar-refractivity contribution in [2.24, 2.45) is 0 Å². The molecule has 3 heterocycles. The van der Waals surface area contributed by atoms with Crippen LogP contribution in [0.5, 0.6) is 0 Å². The largest absolute Gasteiger partial charge is 0.346 e. The molecule has 0 spiro atoms. The van der Waals surface area contributed by atoms with E-state index in [1.807, 2.05) is 31.3 Å². The van der Waals surface area contributed by atoms with Gasteiger partial charge in [0, 0.05) is 36.1 Å². The van der Waals surface area contributed by atoms with Crippen LogP contribution in [0.3, 0.4) is 0 Å². The van der Waals surface area contributed by atoms with Crippen LogP contribution in [0.15, 0.2) is 58.2 Å². The molecule has 26 heavy (non-hydrogen) atoms. The lowest BCUT2D eigenvalue weighted by Crippen LogP contribution is -2.12. The van der Waals surface area contributed by atoms with Crippen LogP contribution in [0, 0.1) is 6.92 Å². The van der Waals surface area contributed by atoms with Crippen molar-refractivity contribution in [2.45, 2.75) is 26.8 Å². The van der Waals surface area contributed by atoms with E-state index in [4.69, 9.17) is 4.52 Å². The van der Waals surface area contributed by atoms with Gasteiger partial charge in [-0.3, -0.25) is 9.78 Å². The molecule has 0 atom stereocenters. The molecule has 0 aliphatic heterocycles. The van der Waals surface area contributed by atoms with Crippen molar-refractivity contribution in [2.75, 3.05) is 0 Å². The van der Waals surface area contributed by atoms with Crippen molar-refractivity contribution in [3.05, 3.63) is 64.7 Å². The van der Waals surface area contributed by atoms with E-state index < -0.39 is 0 Å². The van der Waals surface area contributed by atoms with Crippen LogP contribution < -0.4 is 5.43 Å². The number of aryl methyl sites for hydroxylation is 2. The number of nitrogens with zero attached hydrogens (tertiary/aromatic N) is 4. The standard InChI is InChI=1S/C20H18N4O2/c1-3-10-24-12-16(18(25)15-11-13(2)4-5-17(15)24)20-22-19(23-26-20)14-6-8-21-9-7-14/h4-9,11-12H,3,10H2,1-2H3. The zero-order valence-electron chi connectivity index (χ0n) is 14.6. The third-order valence-electron chi connectivity index (χ3n) is 4.30. The third-order valence-corrected chi connectivity index (χ3v) is 4.30. The topological polar surface area (TPSA) is 73.8 Å². The number of pyridine rings is 2. The Morgan fingerprint density at radius 2 is 1.96 bits per heavy atom. The van der Waals surface area contributed by atoms with Crippen molar-refractivity contribution in [3.8, 4) is 22.8 Å². The molecule has 0 bridgehead atoms. The van der Waals surface area contributed by atoms with Gasteiger partial charge in [0.05, 0.1) is 5.52 Å². The lowest BCUT2D eigenvalue weighted by Gasteiger charge is -2.11. The maximum atomic E-state index is 13.0. The van der Waals surface area contributed by atoms with Gasteiger partial charge < -0.3 is 9.09 Å². The highest BCUT2D eigenvalue weighted by Crippen LogP contribution is 2.23. The Hall–Kier alpha value is -3.28. The van der Waals surface area contributed by atoms with Gasteiger partial charge in [-0.1, -0.05) is 23.7 Å². The van der Waals surface area contributed by atoms with Crippen LogP contribution in [0.25, 0.3) is 33.7 Å². The molecule has 0 N–H and O–H groups in total. The summed E-state index contributed by atoms with van der Waals surface area (Å²) in [6, 6.07) is 9.51. The van der Waals surface area contributed by atoms with Gasteiger partial charge in [-0.25, -0.2) is 0 Å². The quantitative estimate of drug-likeness (QED) is 0.561. The summed E-state index contributed by atoms with van der Waals surface area (Å²) in [5.41, 5.74) is 3.07. The minimum Gasteiger partial charge on any atom is -0.346 e. The minimum atomic E-state index is -0.0963. The molecule has 0 amide bonds. The number of fused-ring (bicyclic) bond motifs is 1. The van der Waals surface area contributed by atoms with Gasteiger partial charge >= 0.3 is 0 Å². The van der Waals surface area contributed by atoms with E-state index >= 15 is 0 Å². The first-order chi connectivity index (χ1) is 12.7. The smallest absolute Gasteiger partial charge is 0.263 e. The zero-order chi connectivity index (χ0) is 18.1. The molecule has 0 fully saturated rings. The third kappa shape index (κ3) is 2.79. The Labute approximate surface area is 150 Å². The molecule has 0 radical (unpaired) electrons. The van der Waals surface area contributed by atoms with Gasteiger partial charge in [0.2, 0.25) is 11.3 Å². The summed E-state index contributed by atoms with van der Waals surface area (Å²) in [5, 5.41) is 4.68. The van der Waals surface area contributed by atoms with Gasteiger partial charge in [-0.05, 0) is 37.6 Å². The first-order valence-corrected chi connectivity index (χ1v) is 8.55. The molecule has 6 nitrogen and oxygen atoms in total. The number of rotatable bonds is 4. The van der Waals surface area contributed by atoms with E-state index in [2.05, 4.69) is 26.6 Å². The van der Waals surface area contributed by atoms with Crippen molar-refractivity contribution in [1.82, 2.24) is 19.7 Å². The SMILES string of the molecule is CCCn1cc(-c2nc(-c3ccncc3)no2)c(=O)c2cc(C)ccc21. The van der Waals surface area contributed by atoms with Crippen molar-refractivity contribution in [3.63, 3.8) is 0 Å². The van der Waals surface area contributed by atoms with Crippen LogP contribution in [0.4, 0.5) is 0 Å². The number of hydrogen-bond acceptors (Lipinski definition) is 5. The molecule has 1 aromatic carbocycles. The molecule has 0 unspecified atom stereocenters. The van der Waals surface area contributed by atoms with Gasteiger partial charge in [0.1, 0.15) is 5.56 Å². The second-order valence-electron chi connectivity index (χ2n) is 6.24. The van der Waals surface area contributed by atoms with Crippen LogP contribution in [-0.4, -0.2) is 19.7 Å².